The van der Waals surface area contributed by atoms with Crippen LogP contribution in [0.5, 0.6) is 0 Å². The second-order valence-electron chi connectivity index (χ2n) is 4.36. The Labute approximate surface area is 88.3 Å². The number of furan rings is 1. The number of rotatable bonds is 1. The number of nitrogens with two attached hydrogens (primary N) is 1. The highest BCUT2D eigenvalue weighted by molar-refractivity contribution is 5.77. The molecule has 1 aliphatic carbocycles. The lowest BCUT2D eigenvalue weighted by atomic mass is 9.91. The fraction of sp³-hybridized carbons (Fsp3) is 0.417. The maximum Gasteiger partial charge on any atom is 0.152 e. The Morgan fingerprint density at radius 2 is 2.13 bits per heavy atom. The smallest absolute Gasteiger partial charge is 0.152 e. The standard InChI is InChI=1S/C12H14N2O/c13-12(5-1-2-6-12)9-8-15-10-4-3-7-14-11(9)10/h3-4,7-8H,1-2,5-6,13H2. The largest absolute Gasteiger partial charge is 0.462 e. The molecule has 0 saturated heterocycles. The average Bonchev–Trinajstić information content (AvgIpc) is 2.84. The highest BCUT2D eigenvalue weighted by Gasteiger charge is 2.34. The third-order valence-electron chi connectivity index (χ3n) is 3.36. The van der Waals surface area contributed by atoms with Crippen LogP contribution in [-0.2, 0) is 5.54 Å². The first-order valence-electron chi connectivity index (χ1n) is 5.41. The average molecular weight is 202 g/mol. The van der Waals surface area contributed by atoms with E-state index in [2.05, 4.69) is 4.98 Å². The number of aromatic nitrogens is 1. The van der Waals surface area contributed by atoms with E-state index in [-0.39, 0.29) is 5.54 Å². The van der Waals surface area contributed by atoms with Crippen LogP contribution in [0.4, 0.5) is 0 Å². The van der Waals surface area contributed by atoms with Crippen molar-refractivity contribution in [3.8, 4) is 0 Å². The molecule has 3 rings (SSSR count). The van der Waals surface area contributed by atoms with Gasteiger partial charge in [-0.3, -0.25) is 4.98 Å². The molecule has 1 aliphatic rings. The monoisotopic (exact) mass is 202 g/mol. The number of fused-ring (bicyclic) bond motifs is 1. The van der Waals surface area contributed by atoms with Crippen molar-refractivity contribution >= 4 is 11.1 Å². The summed E-state index contributed by atoms with van der Waals surface area (Å²) in [5.74, 6) is 0. The Bertz CT molecular complexity index is 483. The molecule has 3 heteroatoms. The van der Waals surface area contributed by atoms with E-state index >= 15 is 0 Å². The van der Waals surface area contributed by atoms with E-state index in [1.165, 1.54) is 12.8 Å². The van der Waals surface area contributed by atoms with Gasteiger partial charge in [-0.15, -0.1) is 0 Å². The van der Waals surface area contributed by atoms with E-state index in [1.807, 2.05) is 12.1 Å². The summed E-state index contributed by atoms with van der Waals surface area (Å²) in [4.78, 5) is 4.36. The van der Waals surface area contributed by atoms with Gasteiger partial charge in [0.05, 0.1) is 6.26 Å². The molecule has 0 radical (unpaired) electrons. The van der Waals surface area contributed by atoms with E-state index in [0.717, 1.165) is 29.5 Å². The molecule has 0 aliphatic heterocycles. The predicted molar refractivity (Wildman–Crippen MR) is 58.3 cm³/mol. The third kappa shape index (κ3) is 1.27. The fourth-order valence-electron chi connectivity index (χ4n) is 2.49. The van der Waals surface area contributed by atoms with Crippen molar-refractivity contribution in [1.82, 2.24) is 4.98 Å². The van der Waals surface area contributed by atoms with Crippen molar-refractivity contribution in [1.29, 1.82) is 0 Å². The van der Waals surface area contributed by atoms with Gasteiger partial charge in [0.1, 0.15) is 5.52 Å². The molecule has 1 saturated carbocycles. The zero-order chi connectivity index (χ0) is 10.3. The van der Waals surface area contributed by atoms with Crippen LogP contribution in [0.25, 0.3) is 11.1 Å². The Hall–Kier alpha value is -1.35. The van der Waals surface area contributed by atoms with Crippen molar-refractivity contribution in [2.24, 2.45) is 5.73 Å². The maximum absolute atomic E-state index is 6.39. The molecule has 0 amide bonds. The van der Waals surface area contributed by atoms with E-state index in [4.69, 9.17) is 10.2 Å². The number of hydrogen-bond donors (Lipinski definition) is 1. The molecule has 3 nitrogen and oxygen atoms in total. The summed E-state index contributed by atoms with van der Waals surface area (Å²) < 4.78 is 5.48. The second-order valence-corrected chi connectivity index (χ2v) is 4.36. The zero-order valence-electron chi connectivity index (χ0n) is 8.57. The topological polar surface area (TPSA) is 52.0 Å². The van der Waals surface area contributed by atoms with E-state index in [1.54, 1.807) is 12.5 Å². The van der Waals surface area contributed by atoms with E-state index in [0.29, 0.717) is 0 Å². The first-order chi connectivity index (χ1) is 7.30. The van der Waals surface area contributed by atoms with Gasteiger partial charge >= 0.3 is 0 Å². The summed E-state index contributed by atoms with van der Waals surface area (Å²) in [6, 6.07) is 3.82. The Morgan fingerprint density at radius 3 is 2.93 bits per heavy atom. The lowest BCUT2D eigenvalue weighted by Gasteiger charge is -2.21. The first kappa shape index (κ1) is 8.92. The molecule has 0 aromatic carbocycles. The number of nitrogens with zero attached hydrogens (tertiary/aromatic N) is 1. The minimum atomic E-state index is -0.209. The number of hydrogen-bond acceptors (Lipinski definition) is 3. The molecule has 0 atom stereocenters. The molecular formula is C12H14N2O. The van der Waals surface area contributed by atoms with Crippen LogP contribution >= 0.6 is 0 Å². The predicted octanol–water partition coefficient (Wildman–Crippen LogP) is 2.56. The van der Waals surface area contributed by atoms with Gasteiger partial charge in [0.25, 0.3) is 0 Å². The van der Waals surface area contributed by atoms with Gasteiger partial charge in [0.2, 0.25) is 0 Å². The molecule has 78 valence electrons. The Balaban J connectivity index is 2.18. The van der Waals surface area contributed by atoms with Crippen LogP contribution in [0, 0.1) is 0 Å². The normalized spacial score (nSPS) is 19.8. The van der Waals surface area contributed by atoms with Crippen molar-refractivity contribution < 1.29 is 4.42 Å². The summed E-state index contributed by atoms with van der Waals surface area (Å²) in [5, 5.41) is 0. The lowest BCUT2D eigenvalue weighted by molar-refractivity contribution is 0.455. The van der Waals surface area contributed by atoms with Crippen molar-refractivity contribution in [2.75, 3.05) is 0 Å². The molecule has 1 fully saturated rings. The highest BCUT2D eigenvalue weighted by atomic mass is 16.3. The summed E-state index contributed by atoms with van der Waals surface area (Å²) in [6.45, 7) is 0. The van der Waals surface area contributed by atoms with Crippen LogP contribution in [0.1, 0.15) is 31.2 Å². The third-order valence-corrected chi connectivity index (χ3v) is 3.36. The van der Waals surface area contributed by atoms with E-state index in [9.17, 15) is 0 Å². The molecule has 15 heavy (non-hydrogen) atoms. The van der Waals surface area contributed by atoms with Crippen molar-refractivity contribution in [3.05, 3.63) is 30.2 Å². The summed E-state index contributed by atoms with van der Waals surface area (Å²) in [7, 11) is 0. The van der Waals surface area contributed by atoms with Crippen LogP contribution in [-0.4, -0.2) is 4.98 Å². The van der Waals surface area contributed by atoms with Gasteiger partial charge in [-0.2, -0.15) is 0 Å². The Kier molecular flexibility index (Phi) is 1.83. The number of pyridine rings is 1. The van der Waals surface area contributed by atoms with Gasteiger partial charge < -0.3 is 10.2 Å². The first-order valence-corrected chi connectivity index (χ1v) is 5.41. The van der Waals surface area contributed by atoms with Crippen LogP contribution < -0.4 is 5.73 Å². The Morgan fingerprint density at radius 1 is 1.33 bits per heavy atom. The summed E-state index contributed by atoms with van der Waals surface area (Å²) >= 11 is 0. The molecule has 0 bridgehead atoms. The fourth-order valence-corrected chi connectivity index (χ4v) is 2.49. The minimum Gasteiger partial charge on any atom is -0.462 e. The molecule has 0 unspecified atom stereocenters. The van der Waals surface area contributed by atoms with Gasteiger partial charge in [-0.1, -0.05) is 12.8 Å². The molecule has 2 aromatic rings. The molecule has 2 heterocycles. The molecule has 0 spiro atoms. The lowest BCUT2D eigenvalue weighted by Crippen LogP contribution is -2.32. The van der Waals surface area contributed by atoms with Gasteiger partial charge in [0, 0.05) is 17.3 Å². The van der Waals surface area contributed by atoms with Gasteiger partial charge in [0.15, 0.2) is 5.58 Å². The highest BCUT2D eigenvalue weighted by Crippen LogP contribution is 2.39. The quantitative estimate of drug-likeness (QED) is 0.773. The second kappa shape index (κ2) is 3.07. The zero-order valence-corrected chi connectivity index (χ0v) is 8.57. The molecular weight excluding hydrogens is 188 g/mol. The summed E-state index contributed by atoms with van der Waals surface area (Å²) in [6.07, 6.45) is 8.06. The SMILES string of the molecule is NC1(c2coc3cccnc23)CCCC1. The van der Waals surface area contributed by atoms with Crippen LogP contribution in [0.2, 0.25) is 0 Å². The van der Waals surface area contributed by atoms with Gasteiger partial charge in [-0.25, -0.2) is 0 Å². The molecule has 2 N–H and O–H groups in total. The van der Waals surface area contributed by atoms with E-state index < -0.39 is 0 Å². The van der Waals surface area contributed by atoms with Crippen molar-refractivity contribution in [3.63, 3.8) is 0 Å². The summed E-state index contributed by atoms with van der Waals surface area (Å²) in [5.41, 5.74) is 9.03. The van der Waals surface area contributed by atoms with Gasteiger partial charge in [-0.05, 0) is 25.0 Å². The maximum atomic E-state index is 6.39. The van der Waals surface area contributed by atoms with Crippen LogP contribution in [0.3, 0.4) is 0 Å². The van der Waals surface area contributed by atoms with Crippen LogP contribution in [0.15, 0.2) is 29.0 Å². The minimum absolute atomic E-state index is 0.209. The van der Waals surface area contributed by atoms with Crippen molar-refractivity contribution in [2.45, 2.75) is 31.2 Å². The molecule has 2 aromatic heterocycles.